The maximum atomic E-state index is 11.8. The number of carboxylic acids is 2. The fourth-order valence-electron chi connectivity index (χ4n) is 3.15. The molecule has 0 rings (SSSR count). The van der Waals surface area contributed by atoms with E-state index in [1.807, 2.05) is 0 Å². The van der Waals surface area contributed by atoms with Crippen LogP contribution in [-0.2, 0) is 14.4 Å². The van der Waals surface area contributed by atoms with E-state index >= 15 is 0 Å². The molecule has 0 aliphatic heterocycles. The van der Waals surface area contributed by atoms with Crippen LogP contribution >= 0.6 is 0 Å². The van der Waals surface area contributed by atoms with E-state index in [0.717, 1.165) is 38.5 Å². The molecule has 0 saturated carbocycles. The summed E-state index contributed by atoms with van der Waals surface area (Å²) >= 11 is 0. The largest absolute Gasteiger partial charge is 0.481 e. The summed E-state index contributed by atoms with van der Waals surface area (Å²) < 4.78 is 0. The van der Waals surface area contributed by atoms with Crippen LogP contribution in [0.3, 0.4) is 0 Å². The highest BCUT2D eigenvalue weighted by atomic mass is 16.4. The molecule has 0 radical (unpaired) electrons. The Hall–Kier alpha value is -1.85. The molecule has 0 aromatic rings. The topological polar surface area (TPSA) is 104 Å². The van der Waals surface area contributed by atoms with Crippen molar-refractivity contribution in [1.82, 2.24) is 5.32 Å². The van der Waals surface area contributed by atoms with Gasteiger partial charge in [-0.25, -0.2) is 4.79 Å². The first-order valence-corrected chi connectivity index (χ1v) is 11.4. The van der Waals surface area contributed by atoms with Crippen molar-refractivity contribution in [3.8, 4) is 0 Å². The van der Waals surface area contributed by atoms with E-state index in [2.05, 4.69) is 24.4 Å². The number of rotatable bonds is 20. The fourth-order valence-corrected chi connectivity index (χ4v) is 3.15. The third-order valence-electron chi connectivity index (χ3n) is 4.95. The van der Waals surface area contributed by atoms with Gasteiger partial charge in [-0.05, 0) is 38.5 Å². The van der Waals surface area contributed by atoms with E-state index < -0.39 is 18.0 Å². The molecule has 0 heterocycles. The number of carboxylic acid groups (broad SMARTS) is 2. The maximum absolute atomic E-state index is 11.8. The van der Waals surface area contributed by atoms with Gasteiger partial charge >= 0.3 is 11.9 Å². The van der Waals surface area contributed by atoms with Crippen molar-refractivity contribution in [2.75, 3.05) is 0 Å². The van der Waals surface area contributed by atoms with Gasteiger partial charge in [0.05, 0.1) is 0 Å². The molecule has 6 nitrogen and oxygen atoms in total. The Morgan fingerprint density at radius 2 is 1.28 bits per heavy atom. The summed E-state index contributed by atoms with van der Waals surface area (Å²) in [5.41, 5.74) is 0. The first-order chi connectivity index (χ1) is 14.0. The van der Waals surface area contributed by atoms with Crippen molar-refractivity contribution in [3.05, 3.63) is 12.2 Å². The minimum atomic E-state index is -1.19. The monoisotopic (exact) mass is 411 g/mol. The lowest BCUT2D eigenvalue weighted by Gasteiger charge is -2.13. The third kappa shape index (κ3) is 19.2. The molecule has 1 atom stereocenters. The van der Waals surface area contributed by atoms with Crippen LogP contribution < -0.4 is 5.32 Å². The zero-order valence-corrected chi connectivity index (χ0v) is 18.2. The van der Waals surface area contributed by atoms with Crippen LogP contribution in [0.15, 0.2) is 12.2 Å². The second-order valence-electron chi connectivity index (χ2n) is 7.73. The number of carbonyl (C=O) groups excluding carboxylic acids is 1. The van der Waals surface area contributed by atoms with Crippen molar-refractivity contribution in [1.29, 1.82) is 0 Å². The number of hydrogen-bond donors (Lipinski definition) is 3. The first-order valence-electron chi connectivity index (χ1n) is 11.4. The molecule has 0 aromatic carbocycles. The third-order valence-corrected chi connectivity index (χ3v) is 4.95. The van der Waals surface area contributed by atoms with Gasteiger partial charge in [-0.1, -0.05) is 70.4 Å². The van der Waals surface area contributed by atoms with E-state index in [0.29, 0.717) is 0 Å². The summed E-state index contributed by atoms with van der Waals surface area (Å²) in [6, 6.07) is -1.12. The van der Waals surface area contributed by atoms with Crippen LogP contribution in [0.4, 0.5) is 0 Å². The van der Waals surface area contributed by atoms with Gasteiger partial charge in [0.25, 0.3) is 0 Å². The molecule has 0 saturated heterocycles. The lowest BCUT2D eigenvalue weighted by molar-refractivity contribution is -0.143. The van der Waals surface area contributed by atoms with E-state index in [9.17, 15) is 14.4 Å². The molecule has 1 amide bonds. The summed E-state index contributed by atoms with van der Waals surface area (Å²) in [5.74, 6) is -2.58. The van der Waals surface area contributed by atoms with Crippen molar-refractivity contribution in [2.45, 2.75) is 116 Å². The molecule has 0 aliphatic carbocycles. The van der Waals surface area contributed by atoms with E-state index in [1.54, 1.807) is 0 Å². The SMILES string of the molecule is CCCCCCCC/C=C\CCCCCCCC(=O)N[C@@H](CCC(=O)O)C(=O)O. The number of hydrogen-bond acceptors (Lipinski definition) is 3. The number of carbonyl (C=O) groups is 3. The van der Waals surface area contributed by atoms with Crippen LogP contribution in [-0.4, -0.2) is 34.1 Å². The average molecular weight is 412 g/mol. The summed E-state index contributed by atoms with van der Waals surface area (Å²) in [4.78, 5) is 33.4. The number of unbranched alkanes of at least 4 members (excludes halogenated alkanes) is 11. The molecular formula is C23H41NO5. The van der Waals surface area contributed by atoms with E-state index in [-0.39, 0.29) is 25.2 Å². The van der Waals surface area contributed by atoms with Gasteiger partial charge in [0, 0.05) is 12.8 Å². The van der Waals surface area contributed by atoms with E-state index in [4.69, 9.17) is 10.2 Å². The fraction of sp³-hybridized carbons (Fsp3) is 0.783. The van der Waals surface area contributed by atoms with Crippen LogP contribution in [0.2, 0.25) is 0 Å². The Bertz CT molecular complexity index is 476. The molecule has 3 N–H and O–H groups in total. The Morgan fingerprint density at radius 1 is 0.759 bits per heavy atom. The molecule has 0 aromatic heterocycles. The van der Waals surface area contributed by atoms with Gasteiger partial charge in [-0.3, -0.25) is 9.59 Å². The average Bonchev–Trinajstić information content (AvgIpc) is 2.67. The first kappa shape index (κ1) is 27.1. The Balaban J connectivity index is 3.54. The smallest absolute Gasteiger partial charge is 0.326 e. The minimum absolute atomic E-state index is 0.0945. The predicted octanol–water partition coefficient (Wildman–Crippen LogP) is 5.46. The highest BCUT2D eigenvalue weighted by molar-refractivity contribution is 5.83. The second-order valence-corrected chi connectivity index (χ2v) is 7.73. The highest BCUT2D eigenvalue weighted by Crippen LogP contribution is 2.10. The maximum Gasteiger partial charge on any atom is 0.326 e. The zero-order valence-electron chi connectivity index (χ0n) is 18.2. The quantitative estimate of drug-likeness (QED) is 0.182. The summed E-state index contributed by atoms with van der Waals surface area (Å²) in [5, 5.41) is 20.1. The molecule has 0 spiro atoms. The summed E-state index contributed by atoms with van der Waals surface area (Å²) in [6.07, 6.45) is 19.9. The lowest BCUT2D eigenvalue weighted by Crippen LogP contribution is -2.41. The van der Waals surface area contributed by atoms with Gasteiger partial charge in [0.15, 0.2) is 0 Å². The van der Waals surface area contributed by atoms with Gasteiger partial charge in [-0.2, -0.15) is 0 Å². The molecular weight excluding hydrogens is 370 g/mol. The van der Waals surface area contributed by atoms with Gasteiger partial charge in [0.1, 0.15) is 6.04 Å². The summed E-state index contributed by atoms with van der Waals surface area (Å²) in [7, 11) is 0. The Morgan fingerprint density at radius 3 is 1.79 bits per heavy atom. The van der Waals surface area contributed by atoms with E-state index in [1.165, 1.54) is 44.9 Å². The predicted molar refractivity (Wildman–Crippen MR) is 116 cm³/mol. The van der Waals surface area contributed by atoms with Crippen molar-refractivity contribution >= 4 is 17.8 Å². The summed E-state index contributed by atoms with van der Waals surface area (Å²) in [6.45, 7) is 2.24. The second kappa shape index (κ2) is 19.5. The van der Waals surface area contributed by atoms with Crippen LogP contribution in [0.25, 0.3) is 0 Å². The van der Waals surface area contributed by atoms with Crippen LogP contribution in [0.5, 0.6) is 0 Å². The molecule has 0 fully saturated rings. The number of allylic oxidation sites excluding steroid dienone is 2. The highest BCUT2D eigenvalue weighted by Gasteiger charge is 2.20. The Labute approximate surface area is 176 Å². The number of amides is 1. The van der Waals surface area contributed by atoms with Crippen LogP contribution in [0, 0.1) is 0 Å². The molecule has 29 heavy (non-hydrogen) atoms. The van der Waals surface area contributed by atoms with Crippen molar-refractivity contribution in [2.24, 2.45) is 0 Å². The van der Waals surface area contributed by atoms with Gasteiger partial charge in [0.2, 0.25) is 5.91 Å². The van der Waals surface area contributed by atoms with Gasteiger partial charge in [-0.15, -0.1) is 0 Å². The number of nitrogens with one attached hydrogen (secondary N) is 1. The molecule has 0 bridgehead atoms. The normalized spacial score (nSPS) is 12.2. The zero-order chi connectivity index (χ0) is 21.7. The Kier molecular flexibility index (Phi) is 18.2. The molecule has 0 aliphatic rings. The molecule has 6 heteroatoms. The van der Waals surface area contributed by atoms with Gasteiger partial charge < -0.3 is 15.5 Å². The van der Waals surface area contributed by atoms with Crippen molar-refractivity contribution < 1.29 is 24.6 Å². The minimum Gasteiger partial charge on any atom is -0.481 e. The molecule has 168 valence electrons. The standard InChI is InChI=1S/C23H41NO5/c1-2-3-4-5-6-7-8-9-10-11-12-13-14-15-16-17-21(25)24-20(23(28)29)18-19-22(26)27/h9-10,20H,2-8,11-19H2,1H3,(H,24,25)(H,26,27)(H,28,29)/b10-9-/t20-/m0/s1. The lowest BCUT2D eigenvalue weighted by atomic mass is 10.1. The number of aliphatic carboxylic acids is 2. The van der Waals surface area contributed by atoms with Crippen molar-refractivity contribution in [3.63, 3.8) is 0 Å². The van der Waals surface area contributed by atoms with Crippen LogP contribution in [0.1, 0.15) is 110 Å². The molecule has 0 unspecified atom stereocenters.